The molecule has 1 heterocycles. The van der Waals surface area contributed by atoms with Crippen molar-refractivity contribution in [1.82, 2.24) is 5.32 Å². The smallest absolute Gasteiger partial charge is 0.338 e. The van der Waals surface area contributed by atoms with Gasteiger partial charge < -0.3 is 14.5 Å². The Hall–Kier alpha value is -3.11. The highest BCUT2D eigenvalue weighted by atomic mass is 79.9. The highest BCUT2D eigenvalue weighted by Gasteiger charge is 2.16. The minimum atomic E-state index is -3.82. The molecule has 0 saturated heterocycles. The van der Waals surface area contributed by atoms with Crippen LogP contribution in [0.5, 0.6) is 0 Å². The van der Waals surface area contributed by atoms with Gasteiger partial charge in [0, 0.05) is 10.2 Å². The largest absolute Gasteiger partial charge is 0.467 e. The number of carbonyl (C=O) groups is 2. The molecule has 1 aromatic heterocycles. The first-order chi connectivity index (χ1) is 14.3. The van der Waals surface area contributed by atoms with E-state index in [9.17, 15) is 18.0 Å². The summed E-state index contributed by atoms with van der Waals surface area (Å²) in [5.41, 5.74) is 0.291. The molecule has 3 aromatic rings. The number of ether oxygens (including phenoxy) is 1. The molecule has 0 atom stereocenters. The average Bonchev–Trinajstić information content (AvgIpc) is 3.24. The van der Waals surface area contributed by atoms with Crippen molar-refractivity contribution in [2.24, 2.45) is 0 Å². The number of hydrogen-bond acceptors (Lipinski definition) is 6. The predicted octanol–water partition coefficient (Wildman–Crippen LogP) is 3.32. The monoisotopic (exact) mass is 492 g/mol. The van der Waals surface area contributed by atoms with Crippen LogP contribution in [-0.2, 0) is 26.1 Å². The zero-order valence-corrected chi connectivity index (χ0v) is 17.9. The number of sulfonamides is 1. The van der Waals surface area contributed by atoms with Gasteiger partial charge in [0.2, 0.25) is 0 Å². The molecule has 0 aliphatic heterocycles. The lowest BCUT2D eigenvalue weighted by Crippen LogP contribution is -2.28. The van der Waals surface area contributed by atoms with Gasteiger partial charge in [-0.2, -0.15) is 0 Å². The Kier molecular flexibility index (Phi) is 6.91. The Bertz CT molecular complexity index is 1130. The second-order valence-corrected chi connectivity index (χ2v) is 8.67. The van der Waals surface area contributed by atoms with Crippen molar-refractivity contribution in [2.45, 2.75) is 11.4 Å². The normalized spacial score (nSPS) is 11.0. The third kappa shape index (κ3) is 5.94. The van der Waals surface area contributed by atoms with Gasteiger partial charge in [-0.05, 0) is 54.6 Å². The van der Waals surface area contributed by atoms with E-state index in [0.29, 0.717) is 5.76 Å². The lowest BCUT2D eigenvalue weighted by molar-refractivity contribution is -0.124. The van der Waals surface area contributed by atoms with Gasteiger partial charge >= 0.3 is 5.97 Å². The Labute approximate surface area is 181 Å². The summed E-state index contributed by atoms with van der Waals surface area (Å²) in [5.74, 6) is -0.680. The Morgan fingerprint density at radius 3 is 2.50 bits per heavy atom. The molecule has 8 nitrogen and oxygen atoms in total. The van der Waals surface area contributed by atoms with Crippen LogP contribution in [-0.4, -0.2) is 26.9 Å². The number of rotatable bonds is 8. The maximum Gasteiger partial charge on any atom is 0.338 e. The van der Waals surface area contributed by atoms with Crippen molar-refractivity contribution in [3.8, 4) is 0 Å². The van der Waals surface area contributed by atoms with Crippen molar-refractivity contribution < 1.29 is 27.2 Å². The molecule has 0 fully saturated rings. The molecule has 0 unspecified atom stereocenters. The van der Waals surface area contributed by atoms with E-state index in [-0.39, 0.29) is 22.7 Å². The van der Waals surface area contributed by atoms with Crippen molar-refractivity contribution in [3.63, 3.8) is 0 Å². The minimum absolute atomic E-state index is 0.0758. The third-order valence-corrected chi connectivity index (χ3v) is 5.77. The number of benzene rings is 2. The van der Waals surface area contributed by atoms with Crippen LogP contribution in [0.25, 0.3) is 0 Å². The number of amides is 1. The van der Waals surface area contributed by atoms with Gasteiger partial charge in [-0.3, -0.25) is 9.52 Å². The zero-order chi connectivity index (χ0) is 21.6. The molecule has 0 aliphatic rings. The van der Waals surface area contributed by atoms with Crippen LogP contribution in [0.4, 0.5) is 5.69 Å². The molecule has 2 aromatic carbocycles. The van der Waals surface area contributed by atoms with Crippen molar-refractivity contribution in [3.05, 3.63) is 82.7 Å². The Morgan fingerprint density at radius 1 is 1.03 bits per heavy atom. The molecule has 0 aliphatic carbocycles. The maximum absolute atomic E-state index is 12.5. The van der Waals surface area contributed by atoms with E-state index in [0.717, 1.165) is 4.47 Å². The van der Waals surface area contributed by atoms with Gasteiger partial charge in [0.25, 0.3) is 15.9 Å². The predicted molar refractivity (Wildman–Crippen MR) is 112 cm³/mol. The maximum atomic E-state index is 12.5. The molecule has 30 heavy (non-hydrogen) atoms. The summed E-state index contributed by atoms with van der Waals surface area (Å²) in [6.07, 6.45) is 1.49. The SMILES string of the molecule is O=C(COC(=O)c1cccc(NS(=O)(=O)c2ccc(Br)cc2)c1)NCc1ccco1. The van der Waals surface area contributed by atoms with Crippen LogP contribution in [0, 0.1) is 0 Å². The van der Waals surface area contributed by atoms with Gasteiger partial charge in [0.1, 0.15) is 5.76 Å². The van der Waals surface area contributed by atoms with E-state index >= 15 is 0 Å². The number of carbonyl (C=O) groups excluding carboxylic acids is 2. The number of halogens is 1. The molecule has 1 amide bonds. The molecular formula is C20H17BrN2O6S. The van der Waals surface area contributed by atoms with E-state index in [2.05, 4.69) is 26.0 Å². The quantitative estimate of drug-likeness (QED) is 0.466. The standard InChI is InChI=1S/C20H17BrN2O6S/c21-15-6-8-18(9-7-15)30(26,27)23-16-4-1-3-14(11-16)20(25)29-13-19(24)22-12-17-5-2-10-28-17/h1-11,23H,12-13H2,(H,22,24). The van der Waals surface area contributed by atoms with Gasteiger partial charge in [0.05, 0.1) is 23.3 Å². The number of hydrogen-bond donors (Lipinski definition) is 2. The highest BCUT2D eigenvalue weighted by molar-refractivity contribution is 9.10. The number of esters is 1. The summed E-state index contributed by atoms with van der Waals surface area (Å²) >= 11 is 3.25. The van der Waals surface area contributed by atoms with Crippen LogP contribution in [0.3, 0.4) is 0 Å². The zero-order valence-electron chi connectivity index (χ0n) is 15.5. The van der Waals surface area contributed by atoms with Crippen LogP contribution >= 0.6 is 15.9 Å². The second-order valence-electron chi connectivity index (χ2n) is 6.07. The fraction of sp³-hybridized carbons (Fsp3) is 0.100. The van der Waals surface area contributed by atoms with E-state index < -0.39 is 28.5 Å². The van der Waals surface area contributed by atoms with Crippen LogP contribution in [0.15, 0.2) is 80.7 Å². The minimum Gasteiger partial charge on any atom is -0.467 e. The van der Waals surface area contributed by atoms with E-state index in [1.807, 2.05) is 0 Å². The first kappa shape index (κ1) is 21.6. The second kappa shape index (κ2) is 9.59. The first-order valence-electron chi connectivity index (χ1n) is 8.68. The molecule has 3 rings (SSSR count). The van der Waals surface area contributed by atoms with E-state index in [4.69, 9.17) is 9.15 Å². The van der Waals surface area contributed by atoms with Crippen LogP contribution < -0.4 is 10.0 Å². The van der Waals surface area contributed by atoms with Gasteiger partial charge in [-0.25, -0.2) is 13.2 Å². The number of nitrogens with one attached hydrogen (secondary N) is 2. The Balaban J connectivity index is 1.58. The molecule has 0 bridgehead atoms. The van der Waals surface area contributed by atoms with E-state index in [1.165, 1.54) is 42.7 Å². The van der Waals surface area contributed by atoms with Crippen molar-refractivity contribution in [1.29, 1.82) is 0 Å². The lowest BCUT2D eigenvalue weighted by atomic mass is 10.2. The van der Waals surface area contributed by atoms with Crippen LogP contribution in [0.1, 0.15) is 16.1 Å². The first-order valence-corrected chi connectivity index (χ1v) is 11.0. The molecule has 10 heteroatoms. The molecule has 156 valence electrons. The summed E-state index contributed by atoms with van der Waals surface area (Å²) in [4.78, 5) is 24.1. The fourth-order valence-corrected chi connectivity index (χ4v) is 3.72. The summed E-state index contributed by atoms with van der Waals surface area (Å²) < 4.78 is 38.2. The fourth-order valence-electron chi connectivity index (χ4n) is 2.40. The third-order valence-electron chi connectivity index (χ3n) is 3.85. The molecule has 0 radical (unpaired) electrons. The van der Waals surface area contributed by atoms with Crippen molar-refractivity contribution in [2.75, 3.05) is 11.3 Å². The van der Waals surface area contributed by atoms with Crippen molar-refractivity contribution >= 4 is 43.5 Å². The molecule has 2 N–H and O–H groups in total. The van der Waals surface area contributed by atoms with Crippen LogP contribution in [0.2, 0.25) is 0 Å². The molecule has 0 saturated carbocycles. The van der Waals surface area contributed by atoms with Gasteiger partial charge in [0.15, 0.2) is 6.61 Å². The summed E-state index contributed by atoms with van der Waals surface area (Å²) in [7, 11) is -3.82. The van der Waals surface area contributed by atoms with Gasteiger partial charge in [-0.1, -0.05) is 22.0 Å². The summed E-state index contributed by atoms with van der Waals surface area (Å²) in [5, 5.41) is 2.55. The Morgan fingerprint density at radius 2 is 1.80 bits per heavy atom. The number of furan rings is 1. The van der Waals surface area contributed by atoms with Gasteiger partial charge in [-0.15, -0.1) is 0 Å². The topological polar surface area (TPSA) is 115 Å². The lowest BCUT2D eigenvalue weighted by Gasteiger charge is -2.10. The summed E-state index contributed by atoms with van der Waals surface area (Å²) in [6, 6.07) is 15.3. The number of anilines is 1. The molecule has 0 spiro atoms. The summed E-state index contributed by atoms with van der Waals surface area (Å²) in [6.45, 7) is -0.301. The molecular weight excluding hydrogens is 476 g/mol. The van der Waals surface area contributed by atoms with E-state index in [1.54, 1.807) is 24.3 Å². The highest BCUT2D eigenvalue weighted by Crippen LogP contribution is 2.19. The average molecular weight is 493 g/mol.